The monoisotopic (exact) mass is 216 g/mol. The number of hydrogen-bond donors (Lipinski definition) is 3. The van der Waals surface area contributed by atoms with Gasteiger partial charge >= 0.3 is 0 Å². The van der Waals surface area contributed by atoms with Crippen molar-refractivity contribution < 1.29 is 5.11 Å². The minimum absolute atomic E-state index is 0.224. The van der Waals surface area contributed by atoms with Crippen LogP contribution >= 0.6 is 0 Å². The normalized spacial score (nSPS) is 13.8. The zero-order chi connectivity index (χ0) is 11.3. The van der Waals surface area contributed by atoms with E-state index in [1.807, 2.05) is 17.6 Å². The summed E-state index contributed by atoms with van der Waals surface area (Å²) in [6, 6.07) is 3.51. The summed E-state index contributed by atoms with van der Waals surface area (Å²) in [5.74, 6) is 1.15. The summed E-state index contributed by atoms with van der Waals surface area (Å²) in [6.07, 6.45) is 0. The van der Waals surface area contributed by atoms with E-state index < -0.39 is 0 Å². The predicted octanol–water partition coefficient (Wildman–Crippen LogP) is 0.955. The molecule has 2 heterocycles. The number of nitrogens with zero attached hydrogens (tertiary/aromatic N) is 2. The van der Waals surface area contributed by atoms with Crippen LogP contribution in [0.5, 0.6) is 5.75 Å². The molecule has 16 heavy (non-hydrogen) atoms. The van der Waals surface area contributed by atoms with E-state index in [9.17, 15) is 5.11 Å². The van der Waals surface area contributed by atoms with Crippen molar-refractivity contribution in [3.63, 3.8) is 0 Å². The van der Waals surface area contributed by atoms with Gasteiger partial charge in [0.2, 0.25) is 5.62 Å². The maximum absolute atomic E-state index is 9.63. The first-order valence-electron chi connectivity index (χ1n) is 5.20. The van der Waals surface area contributed by atoms with E-state index >= 15 is 0 Å². The Balaban J connectivity index is 2.52. The molecule has 0 saturated carbocycles. The first-order valence-corrected chi connectivity index (χ1v) is 5.20. The van der Waals surface area contributed by atoms with Crippen molar-refractivity contribution in [2.75, 3.05) is 11.9 Å². The number of fused-ring (bicyclic) bond motifs is 3. The molecule has 3 N–H and O–H groups in total. The second-order valence-corrected chi connectivity index (χ2v) is 3.97. The van der Waals surface area contributed by atoms with Crippen LogP contribution in [0, 0.1) is 12.3 Å². The molecule has 0 unspecified atom stereocenters. The van der Waals surface area contributed by atoms with Crippen LogP contribution in [0.2, 0.25) is 0 Å². The molecule has 2 aromatic rings. The predicted molar refractivity (Wildman–Crippen MR) is 60.5 cm³/mol. The minimum Gasteiger partial charge on any atom is -0.508 e. The highest BCUT2D eigenvalue weighted by atomic mass is 16.3. The van der Waals surface area contributed by atoms with Gasteiger partial charge in [-0.25, -0.2) is 4.98 Å². The van der Waals surface area contributed by atoms with Gasteiger partial charge in [-0.2, -0.15) is 0 Å². The third kappa shape index (κ3) is 1.05. The van der Waals surface area contributed by atoms with Crippen molar-refractivity contribution in [1.29, 1.82) is 5.41 Å². The Hall–Kier alpha value is -2.04. The van der Waals surface area contributed by atoms with Crippen LogP contribution in [0.25, 0.3) is 10.9 Å². The number of rotatable bonds is 0. The molecule has 0 atom stereocenters. The Morgan fingerprint density at radius 1 is 1.50 bits per heavy atom. The zero-order valence-electron chi connectivity index (χ0n) is 8.91. The van der Waals surface area contributed by atoms with E-state index in [1.54, 1.807) is 6.07 Å². The van der Waals surface area contributed by atoms with E-state index in [0.29, 0.717) is 5.52 Å². The highest BCUT2D eigenvalue weighted by Crippen LogP contribution is 2.29. The third-order valence-corrected chi connectivity index (χ3v) is 3.03. The zero-order valence-corrected chi connectivity index (χ0v) is 8.91. The van der Waals surface area contributed by atoms with Crippen molar-refractivity contribution >= 4 is 16.7 Å². The standard InChI is InChI=1S/C11H12N4O/c1-6-8(16)3-2-7-9(6)14-11(12)15-5-4-13-10(7)15/h2-3,12-13,16H,4-5H2,1H3. The molecule has 0 fully saturated rings. The summed E-state index contributed by atoms with van der Waals surface area (Å²) in [6.45, 7) is 3.42. The average molecular weight is 216 g/mol. The molecule has 5 nitrogen and oxygen atoms in total. The van der Waals surface area contributed by atoms with Gasteiger partial charge in [-0.3, -0.25) is 9.98 Å². The van der Waals surface area contributed by atoms with Gasteiger partial charge in [0.05, 0.1) is 5.52 Å². The molecule has 0 radical (unpaired) electrons. The molecule has 3 rings (SSSR count). The summed E-state index contributed by atoms with van der Waals surface area (Å²) in [5, 5.41) is 21.7. The fourth-order valence-electron chi connectivity index (χ4n) is 2.14. The van der Waals surface area contributed by atoms with Crippen molar-refractivity contribution in [1.82, 2.24) is 9.55 Å². The fraction of sp³-hybridized carbons (Fsp3) is 0.273. The van der Waals surface area contributed by atoms with Gasteiger partial charge in [-0.1, -0.05) is 0 Å². The maximum Gasteiger partial charge on any atom is 0.224 e. The summed E-state index contributed by atoms with van der Waals surface area (Å²) in [7, 11) is 0. The summed E-state index contributed by atoms with van der Waals surface area (Å²) in [4.78, 5) is 4.24. The van der Waals surface area contributed by atoms with Gasteiger partial charge in [0.1, 0.15) is 11.6 Å². The second kappa shape index (κ2) is 2.98. The van der Waals surface area contributed by atoms with Gasteiger partial charge in [-0.15, -0.1) is 0 Å². The number of anilines is 1. The number of benzene rings is 1. The Bertz CT molecular complexity index is 644. The molecular formula is C11H12N4O. The first-order chi connectivity index (χ1) is 7.68. The van der Waals surface area contributed by atoms with Gasteiger partial charge in [0, 0.05) is 24.0 Å². The lowest BCUT2D eigenvalue weighted by Gasteiger charge is -2.09. The van der Waals surface area contributed by atoms with E-state index in [-0.39, 0.29) is 11.4 Å². The van der Waals surface area contributed by atoms with Gasteiger partial charge in [0.25, 0.3) is 0 Å². The SMILES string of the molecule is Cc1c(O)ccc2c3n(c(=N)nc12)CCN3. The molecule has 1 aliphatic rings. The van der Waals surface area contributed by atoms with Gasteiger partial charge in [0.15, 0.2) is 0 Å². The minimum atomic E-state index is 0.224. The van der Waals surface area contributed by atoms with Gasteiger partial charge < -0.3 is 10.4 Å². The van der Waals surface area contributed by atoms with Crippen LogP contribution in [0.3, 0.4) is 0 Å². The molecule has 0 saturated heterocycles. The largest absolute Gasteiger partial charge is 0.508 e. The topological polar surface area (TPSA) is 73.9 Å². The number of hydrogen-bond acceptors (Lipinski definition) is 4. The van der Waals surface area contributed by atoms with Crippen molar-refractivity contribution in [2.24, 2.45) is 0 Å². The number of phenolic OH excluding ortho intramolecular Hbond substituents is 1. The molecule has 0 bridgehead atoms. The lowest BCUT2D eigenvalue weighted by atomic mass is 10.1. The summed E-state index contributed by atoms with van der Waals surface area (Å²) < 4.78 is 1.85. The molecular weight excluding hydrogens is 204 g/mol. The number of aryl methyl sites for hydroxylation is 1. The van der Waals surface area contributed by atoms with E-state index in [2.05, 4.69) is 10.3 Å². The molecule has 1 aliphatic heterocycles. The first kappa shape index (κ1) is 9.21. The maximum atomic E-state index is 9.63. The number of aromatic nitrogens is 2. The molecule has 1 aromatic heterocycles. The Kier molecular flexibility index (Phi) is 1.71. The van der Waals surface area contributed by atoms with Crippen molar-refractivity contribution in [3.8, 4) is 5.75 Å². The molecule has 0 spiro atoms. The summed E-state index contributed by atoms with van der Waals surface area (Å²) in [5.41, 5.74) is 1.66. The second-order valence-electron chi connectivity index (χ2n) is 3.97. The number of aromatic hydroxyl groups is 1. The molecule has 0 aliphatic carbocycles. The fourth-order valence-corrected chi connectivity index (χ4v) is 2.14. The average Bonchev–Trinajstić information content (AvgIpc) is 2.74. The molecule has 0 amide bonds. The number of phenols is 1. The van der Waals surface area contributed by atoms with Crippen LogP contribution in [-0.2, 0) is 6.54 Å². The smallest absolute Gasteiger partial charge is 0.224 e. The molecule has 1 aromatic carbocycles. The highest BCUT2D eigenvalue weighted by Gasteiger charge is 2.16. The molecule has 5 heteroatoms. The quantitative estimate of drug-likeness (QED) is 0.614. The van der Waals surface area contributed by atoms with Crippen molar-refractivity contribution in [2.45, 2.75) is 13.5 Å². The van der Waals surface area contributed by atoms with E-state index in [0.717, 1.165) is 29.9 Å². The van der Waals surface area contributed by atoms with Crippen LogP contribution in [0.15, 0.2) is 12.1 Å². The summed E-state index contributed by atoms with van der Waals surface area (Å²) >= 11 is 0. The van der Waals surface area contributed by atoms with Crippen LogP contribution in [0.4, 0.5) is 5.82 Å². The third-order valence-electron chi connectivity index (χ3n) is 3.03. The Morgan fingerprint density at radius 3 is 3.12 bits per heavy atom. The van der Waals surface area contributed by atoms with Crippen molar-refractivity contribution in [3.05, 3.63) is 23.3 Å². The number of nitrogens with one attached hydrogen (secondary N) is 2. The van der Waals surface area contributed by atoms with Gasteiger partial charge in [-0.05, 0) is 19.1 Å². The molecule has 82 valence electrons. The van der Waals surface area contributed by atoms with E-state index in [1.165, 1.54) is 0 Å². The Labute approximate surface area is 91.9 Å². The van der Waals surface area contributed by atoms with E-state index in [4.69, 9.17) is 5.41 Å². The van der Waals surface area contributed by atoms with Crippen LogP contribution in [-0.4, -0.2) is 21.2 Å². The lowest BCUT2D eigenvalue weighted by Crippen LogP contribution is -2.21. The highest BCUT2D eigenvalue weighted by molar-refractivity contribution is 5.92. The van der Waals surface area contributed by atoms with Crippen LogP contribution < -0.4 is 10.9 Å². The Morgan fingerprint density at radius 2 is 2.31 bits per heavy atom. The lowest BCUT2D eigenvalue weighted by molar-refractivity contribution is 0.472. The van der Waals surface area contributed by atoms with Crippen LogP contribution in [0.1, 0.15) is 5.56 Å².